The minimum absolute atomic E-state index is 0.0157. The van der Waals surface area contributed by atoms with Crippen LogP contribution >= 0.6 is 0 Å². The van der Waals surface area contributed by atoms with Crippen molar-refractivity contribution in [1.82, 2.24) is 4.72 Å². The quantitative estimate of drug-likeness (QED) is 0.615. The zero-order valence-electron chi connectivity index (χ0n) is 8.80. The number of aliphatic hydroxyl groups is 1. The van der Waals surface area contributed by atoms with Crippen molar-refractivity contribution in [2.75, 3.05) is 17.9 Å². The van der Waals surface area contributed by atoms with Crippen molar-refractivity contribution in [3.63, 3.8) is 0 Å². The summed E-state index contributed by atoms with van der Waals surface area (Å²) in [5.74, 6) is 0. The Morgan fingerprint density at radius 2 is 1.80 bits per heavy atom. The molecule has 92 valence electrons. The topological polar surface area (TPSA) is 101 Å². The third kappa shape index (κ3) is 8.79. The van der Waals surface area contributed by atoms with Crippen LogP contribution in [-0.2, 0) is 19.9 Å². The highest BCUT2D eigenvalue weighted by Gasteiger charge is 2.19. The standard InChI is InChI=1S/C7H17NO5S2/c1-7(4-3-5-9)8-15(12,13)6-14(2,10)11/h7-9H,3-6H2,1-2H3. The molecule has 0 aliphatic heterocycles. The molecular weight excluding hydrogens is 242 g/mol. The maximum absolute atomic E-state index is 11.3. The van der Waals surface area contributed by atoms with Crippen LogP contribution in [0.1, 0.15) is 19.8 Å². The minimum atomic E-state index is -3.79. The van der Waals surface area contributed by atoms with Gasteiger partial charge in [0.1, 0.15) is 0 Å². The first-order chi connectivity index (χ1) is 6.66. The van der Waals surface area contributed by atoms with Gasteiger partial charge in [0.25, 0.3) is 0 Å². The van der Waals surface area contributed by atoms with Gasteiger partial charge in [-0.2, -0.15) is 0 Å². The van der Waals surface area contributed by atoms with E-state index in [9.17, 15) is 16.8 Å². The molecule has 0 saturated heterocycles. The molecule has 2 N–H and O–H groups in total. The summed E-state index contributed by atoms with van der Waals surface area (Å²) in [6.45, 7) is 1.60. The van der Waals surface area contributed by atoms with E-state index in [0.29, 0.717) is 12.8 Å². The van der Waals surface area contributed by atoms with Crippen LogP contribution in [0.4, 0.5) is 0 Å². The van der Waals surface area contributed by atoms with Crippen molar-refractivity contribution in [2.45, 2.75) is 25.8 Å². The molecule has 0 fully saturated rings. The molecule has 1 atom stereocenters. The summed E-state index contributed by atoms with van der Waals surface area (Å²) < 4.78 is 46.3. The Bertz CT molecular complexity index is 372. The van der Waals surface area contributed by atoms with Crippen molar-refractivity contribution in [3.8, 4) is 0 Å². The SMILES string of the molecule is CC(CCCO)NS(=O)(=O)CS(C)(=O)=O. The first-order valence-corrected chi connectivity index (χ1v) is 8.16. The molecule has 1 unspecified atom stereocenters. The molecule has 6 nitrogen and oxygen atoms in total. The molecule has 0 rings (SSSR count). The number of hydrogen-bond acceptors (Lipinski definition) is 5. The van der Waals surface area contributed by atoms with Gasteiger partial charge in [-0.1, -0.05) is 0 Å². The Balaban J connectivity index is 4.27. The molecule has 0 aromatic heterocycles. The van der Waals surface area contributed by atoms with E-state index >= 15 is 0 Å². The van der Waals surface area contributed by atoms with Crippen LogP contribution in [-0.4, -0.2) is 45.9 Å². The lowest BCUT2D eigenvalue weighted by molar-refractivity contribution is 0.279. The van der Waals surface area contributed by atoms with Crippen LogP contribution in [0.15, 0.2) is 0 Å². The number of sulfone groups is 1. The lowest BCUT2D eigenvalue weighted by Gasteiger charge is -2.12. The summed E-state index contributed by atoms with van der Waals surface area (Å²) >= 11 is 0. The Morgan fingerprint density at radius 3 is 2.20 bits per heavy atom. The van der Waals surface area contributed by atoms with Crippen LogP contribution in [0, 0.1) is 0 Å². The first kappa shape index (κ1) is 14.8. The normalized spacial score (nSPS) is 15.1. The second-order valence-electron chi connectivity index (χ2n) is 3.54. The minimum Gasteiger partial charge on any atom is -0.396 e. The highest BCUT2D eigenvalue weighted by Crippen LogP contribution is 2.00. The molecule has 0 heterocycles. The van der Waals surface area contributed by atoms with Gasteiger partial charge in [-0.25, -0.2) is 21.6 Å². The summed E-state index contributed by atoms with van der Waals surface area (Å²) in [7, 11) is -7.34. The Labute approximate surface area is 90.7 Å². The average molecular weight is 259 g/mol. The van der Waals surface area contributed by atoms with E-state index in [-0.39, 0.29) is 12.6 Å². The fourth-order valence-corrected chi connectivity index (χ4v) is 4.34. The van der Waals surface area contributed by atoms with Gasteiger partial charge in [0.2, 0.25) is 10.0 Å². The first-order valence-electron chi connectivity index (χ1n) is 4.45. The zero-order valence-corrected chi connectivity index (χ0v) is 10.4. The number of sulfonamides is 1. The Kier molecular flexibility index (Phi) is 5.71. The molecular formula is C7H17NO5S2. The van der Waals surface area contributed by atoms with Gasteiger partial charge in [0.05, 0.1) is 0 Å². The van der Waals surface area contributed by atoms with E-state index in [0.717, 1.165) is 6.26 Å². The zero-order chi connectivity index (χ0) is 12.1. The van der Waals surface area contributed by atoms with Crippen molar-refractivity contribution in [3.05, 3.63) is 0 Å². The van der Waals surface area contributed by atoms with Crippen LogP contribution in [0.25, 0.3) is 0 Å². The number of hydrogen-bond donors (Lipinski definition) is 2. The average Bonchev–Trinajstić information content (AvgIpc) is 1.94. The second-order valence-corrected chi connectivity index (χ2v) is 7.80. The van der Waals surface area contributed by atoms with Crippen LogP contribution in [0.5, 0.6) is 0 Å². The summed E-state index contributed by atoms with van der Waals surface area (Å²) in [5, 5.41) is 7.63. The summed E-state index contributed by atoms with van der Waals surface area (Å²) in [4.78, 5) is 0. The molecule has 0 spiro atoms. The van der Waals surface area contributed by atoms with E-state index in [1.807, 2.05) is 0 Å². The number of nitrogens with one attached hydrogen (secondary N) is 1. The fourth-order valence-electron chi connectivity index (χ4n) is 1.08. The van der Waals surface area contributed by atoms with E-state index in [1.54, 1.807) is 6.92 Å². The van der Waals surface area contributed by atoms with Crippen molar-refractivity contribution in [2.24, 2.45) is 0 Å². The van der Waals surface area contributed by atoms with Gasteiger partial charge in [0, 0.05) is 18.9 Å². The van der Waals surface area contributed by atoms with E-state index < -0.39 is 24.9 Å². The third-order valence-corrected chi connectivity index (χ3v) is 5.26. The van der Waals surface area contributed by atoms with Gasteiger partial charge in [0.15, 0.2) is 14.9 Å². The van der Waals surface area contributed by atoms with Crippen molar-refractivity contribution >= 4 is 19.9 Å². The predicted molar refractivity (Wildman–Crippen MR) is 57.5 cm³/mol. The summed E-state index contributed by atoms with van der Waals surface area (Å²) in [6, 6.07) is -0.371. The maximum atomic E-state index is 11.3. The smallest absolute Gasteiger partial charge is 0.226 e. The molecule has 0 aromatic carbocycles. The van der Waals surface area contributed by atoms with Crippen molar-refractivity contribution in [1.29, 1.82) is 0 Å². The molecule has 0 saturated carbocycles. The van der Waals surface area contributed by atoms with Gasteiger partial charge >= 0.3 is 0 Å². The van der Waals surface area contributed by atoms with Gasteiger partial charge < -0.3 is 5.11 Å². The van der Waals surface area contributed by atoms with Gasteiger partial charge in [-0.05, 0) is 19.8 Å². The highest BCUT2D eigenvalue weighted by atomic mass is 32.3. The second kappa shape index (κ2) is 5.78. The third-order valence-electron chi connectivity index (χ3n) is 1.55. The molecule has 0 amide bonds. The monoisotopic (exact) mass is 259 g/mol. The molecule has 0 aliphatic rings. The summed E-state index contributed by atoms with van der Waals surface area (Å²) in [5.41, 5.74) is 0. The molecule has 15 heavy (non-hydrogen) atoms. The number of rotatable bonds is 7. The van der Waals surface area contributed by atoms with Gasteiger partial charge in [-0.15, -0.1) is 0 Å². The molecule has 0 aromatic rings. The highest BCUT2D eigenvalue weighted by molar-refractivity contribution is 8.06. The lowest BCUT2D eigenvalue weighted by Crippen LogP contribution is -2.36. The van der Waals surface area contributed by atoms with Crippen LogP contribution < -0.4 is 4.72 Å². The largest absolute Gasteiger partial charge is 0.396 e. The molecule has 0 bridgehead atoms. The predicted octanol–water partition coefficient (Wildman–Crippen LogP) is -0.931. The Morgan fingerprint density at radius 1 is 1.27 bits per heavy atom. The van der Waals surface area contributed by atoms with Crippen LogP contribution in [0.2, 0.25) is 0 Å². The van der Waals surface area contributed by atoms with E-state index in [4.69, 9.17) is 5.11 Å². The molecule has 0 radical (unpaired) electrons. The lowest BCUT2D eigenvalue weighted by atomic mass is 10.2. The van der Waals surface area contributed by atoms with E-state index in [2.05, 4.69) is 4.72 Å². The summed E-state index contributed by atoms with van der Waals surface area (Å²) in [6.07, 6.45) is 1.81. The van der Waals surface area contributed by atoms with Crippen LogP contribution in [0.3, 0.4) is 0 Å². The molecule has 0 aliphatic carbocycles. The fraction of sp³-hybridized carbons (Fsp3) is 1.00. The van der Waals surface area contributed by atoms with Crippen molar-refractivity contribution < 1.29 is 21.9 Å². The Hall–Kier alpha value is -0.180. The number of aliphatic hydroxyl groups excluding tert-OH is 1. The maximum Gasteiger partial charge on any atom is 0.226 e. The molecule has 8 heteroatoms. The van der Waals surface area contributed by atoms with E-state index in [1.165, 1.54) is 0 Å². The van der Waals surface area contributed by atoms with Gasteiger partial charge in [-0.3, -0.25) is 0 Å².